The van der Waals surface area contributed by atoms with Crippen LogP contribution in [0.25, 0.3) is 0 Å². The van der Waals surface area contributed by atoms with Gasteiger partial charge >= 0.3 is 0 Å². The third-order valence-corrected chi connectivity index (χ3v) is 3.87. The molecule has 1 unspecified atom stereocenters. The number of aliphatic hydroxyl groups is 1. The zero-order valence-corrected chi connectivity index (χ0v) is 13.9. The normalized spacial score (nSPS) is 11.9. The van der Waals surface area contributed by atoms with Crippen molar-refractivity contribution >= 4 is 5.91 Å². The highest BCUT2D eigenvalue weighted by Gasteiger charge is 2.07. The number of nitrogens with one attached hydrogen (secondary N) is 1. The summed E-state index contributed by atoms with van der Waals surface area (Å²) in [6.07, 6.45) is 1.29. The number of nitrogens with two attached hydrogens (primary N) is 1. The molecule has 2 aromatic rings. The Morgan fingerprint density at radius 3 is 2.67 bits per heavy atom. The van der Waals surface area contributed by atoms with Crippen LogP contribution in [0.3, 0.4) is 0 Å². The molecule has 24 heavy (non-hydrogen) atoms. The molecular formula is C19H24N2O3. The molecule has 0 radical (unpaired) electrons. The van der Waals surface area contributed by atoms with Crippen molar-refractivity contribution < 1.29 is 14.6 Å². The molecule has 1 amide bonds. The molecule has 0 heterocycles. The van der Waals surface area contributed by atoms with E-state index in [1.807, 2.05) is 36.4 Å². The van der Waals surface area contributed by atoms with E-state index in [1.165, 1.54) is 0 Å². The third-order valence-electron chi connectivity index (χ3n) is 3.87. The van der Waals surface area contributed by atoms with Crippen LogP contribution < -0.4 is 15.8 Å². The van der Waals surface area contributed by atoms with E-state index in [0.29, 0.717) is 12.1 Å². The minimum absolute atomic E-state index is 0.408. The maximum Gasteiger partial charge on any atom is 0.248 e. The molecule has 0 aliphatic carbocycles. The Balaban J connectivity index is 1.69. The number of carbonyl (C=O) groups is 1. The summed E-state index contributed by atoms with van der Waals surface area (Å²) in [6.45, 7) is 1.30. The summed E-state index contributed by atoms with van der Waals surface area (Å²) in [5.74, 6) is 0.334. The summed E-state index contributed by atoms with van der Waals surface area (Å²) in [7, 11) is 1.61. The van der Waals surface area contributed by atoms with Crippen molar-refractivity contribution in [3.05, 3.63) is 65.2 Å². The van der Waals surface area contributed by atoms with Crippen LogP contribution in [0.2, 0.25) is 0 Å². The van der Waals surface area contributed by atoms with Crippen molar-refractivity contribution in [2.24, 2.45) is 5.73 Å². The molecule has 0 saturated carbocycles. The summed E-state index contributed by atoms with van der Waals surface area (Å²) in [4.78, 5) is 11.0. The maximum atomic E-state index is 11.0. The number of hydrogen-bond acceptors (Lipinski definition) is 4. The topological polar surface area (TPSA) is 84.6 Å². The fourth-order valence-corrected chi connectivity index (χ4v) is 2.46. The summed E-state index contributed by atoms with van der Waals surface area (Å²) in [6, 6.07) is 14.8. The van der Waals surface area contributed by atoms with E-state index in [2.05, 4.69) is 5.32 Å². The van der Waals surface area contributed by atoms with Crippen molar-refractivity contribution in [3.8, 4) is 5.75 Å². The number of primary amides is 1. The van der Waals surface area contributed by atoms with E-state index >= 15 is 0 Å². The summed E-state index contributed by atoms with van der Waals surface area (Å²) < 4.78 is 5.16. The molecule has 4 N–H and O–H groups in total. The number of ether oxygens (including phenoxy) is 1. The van der Waals surface area contributed by atoms with Gasteiger partial charge in [-0.05, 0) is 54.8 Å². The standard InChI is InChI=1S/C19H24N2O3/c1-24-17-6-2-5-16(12-17)18(22)13-21-11-3-4-14-7-9-15(10-8-14)19(20)23/h2,5-10,12,18,21-22H,3-4,11,13H2,1H3,(H2,20,23). The highest BCUT2D eigenvalue weighted by molar-refractivity contribution is 5.92. The monoisotopic (exact) mass is 328 g/mol. The van der Waals surface area contributed by atoms with Gasteiger partial charge in [0.1, 0.15) is 5.75 Å². The largest absolute Gasteiger partial charge is 0.497 e. The van der Waals surface area contributed by atoms with Crippen LogP contribution in [-0.4, -0.2) is 31.2 Å². The number of aryl methyl sites for hydroxylation is 1. The average molecular weight is 328 g/mol. The van der Waals surface area contributed by atoms with Crippen molar-refractivity contribution in [1.29, 1.82) is 0 Å². The van der Waals surface area contributed by atoms with Crippen molar-refractivity contribution in [3.63, 3.8) is 0 Å². The van der Waals surface area contributed by atoms with E-state index in [0.717, 1.165) is 36.3 Å². The van der Waals surface area contributed by atoms with Gasteiger partial charge in [0.2, 0.25) is 5.91 Å². The van der Waals surface area contributed by atoms with Crippen LogP contribution in [0.15, 0.2) is 48.5 Å². The van der Waals surface area contributed by atoms with Gasteiger partial charge in [-0.1, -0.05) is 24.3 Å². The van der Waals surface area contributed by atoms with E-state index in [4.69, 9.17) is 10.5 Å². The number of aliphatic hydroxyl groups excluding tert-OH is 1. The number of benzene rings is 2. The third kappa shape index (κ3) is 5.37. The van der Waals surface area contributed by atoms with Gasteiger partial charge < -0.3 is 20.9 Å². The number of methoxy groups -OCH3 is 1. The average Bonchev–Trinajstić information content (AvgIpc) is 2.61. The Hall–Kier alpha value is -2.37. The van der Waals surface area contributed by atoms with E-state index < -0.39 is 12.0 Å². The van der Waals surface area contributed by atoms with Gasteiger partial charge in [0.05, 0.1) is 13.2 Å². The molecule has 0 aliphatic heterocycles. The number of rotatable bonds is 9. The lowest BCUT2D eigenvalue weighted by molar-refractivity contribution is 0.100. The molecule has 0 aromatic heterocycles. The van der Waals surface area contributed by atoms with Crippen LogP contribution in [0.5, 0.6) is 5.75 Å². The smallest absolute Gasteiger partial charge is 0.248 e. The SMILES string of the molecule is COc1cccc(C(O)CNCCCc2ccc(C(N)=O)cc2)c1. The molecule has 5 nitrogen and oxygen atoms in total. The Morgan fingerprint density at radius 2 is 2.00 bits per heavy atom. The molecule has 2 aromatic carbocycles. The van der Waals surface area contributed by atoms with Gasteiger partial charge in [-0.15, -0.1) is 0 Å². The molecule has 1 atom stereocenters. The highest BCUT2D eigenvalue weighted by Crippen LogP contribution is 2.18. The molecule has 0 saturated heterocycles. The molecule has 2 rings (SSSR count). The van der Waals surface area contributed by atoms with Gasteiger partial charge in [0.25, 0.3) is 0 Å². The lowest BCUT2D eigenvalue weighted by Gasteiger charge is -2.13. The van der Waals surface area contributed by atoms with Crippen molar-refractivity contribution in [1.82, 2.24) is 5.32 Å². The summed E-state index contributed by atoms with van der Waals surface area (Å²) in [5, 5.41) is 13.4. The molecular weight excluding hydrogens is 304 g/mol. The van der Waals surface area contributed by atoms with Crippen molar-refractivity contribution in [2.75, 3.05) is 20.2 Å². The molecule has 0 aliphatic rings. The molecule has 5 heteroatoms. The highest BCUT2D eigenvalue weighted by atomic mass is 16.5. The second-order valence-electron chi connectivity index (χ2n) is 5.66. The first kappa shape index (κ1) is 18.0. The summed E-state index contributed by atoms with van der Waals surface area (Å²) in [5.41, 5.74) is 7.74. The Labute approximate surface area is 142 Å². The van der Waals surface area contributed by atoms with Crippen LogP contribution in [0, 0.1) is 0 Å². The number of amides is 1. The van der Waals surface area contributed by atoms with Gasteiger partial charge in [0, 0.05) is 12.1 Å². The number of carbonyl (C=O) groups excluding carboxylic acids is 1. The molecule has 0 fully saturated rings. The second-order valence-corrected chi connectivity index (χ2v) is 5.66. The minimum atomic E-state index is -0.560. The maximum absolute atomic E-state index is 11.0. The fourth-order valence-electron chi connectivity index (χ4n) is 2.46. The van der Waals surface area contributed by atoms with Crippen LogP contribution in [-0.2, 0) is 6.42 Å². The van der Waals surface area contributed by atoms with E-state index in [-0.39, 0.29) is 0 Å². The fraction of sp³-hybridized carbons (Fsp3) is 0.316. The second kappa shape index (κ2) is 9.05. The van der Waals surface area contributed by atoms with E-state index in [1.54, 1.807) is 19.2 Å². The van der Waals surface area contributed by atoms with Crippen LogP contribution in [0.4, 0.5) is 0 Å². The predicted octanol–water partition coefficient (Wildman–Crippen LogP) is 2.05. The van der Waals surface area contributed by atoms with E-state index in [9.17, 15) is 9.90 Å². The van der Waals surface area contributed by atoms with Crippen LogP contribution >= 0.6 is 0 Å². The molecule has 0 spiro atoms. The molecule has 0 bridgehead atoms. The van der Waals surface area contributed by atoms with Gasteiger partial charge in [0.15, 0.2) is 0 Å². The lowest BCUT2D eigenvalue weighted by atomic mass is 10.1. The predicted molar refractivity (Wildman–Crippen MR) is 94.1 cm³/mol. The first-order chi connectivity index (χ1) is 11.6. The Bertz CT molecular complexity index is 656. The first-order valence-electron chi connectivity index (χ1n) is 8.01. The van der Waals surface area contributed by atoms with Gasteiger partial charge in [-0.25, -0.2) is 0 Å². The lowest BCUT2D eigenvalue weighted by Crippen LogP contribution is -2.22. The van der Waals surface area contributed by atoms with Gasteiger partial charge in [-0.3, -0.25) is 4.79 Å². The zero-order valence-electron chi connectivity index (χ0n) is 13.9. The molecule has 128 valence electrons. The zero-order chi connectivity index (χ0) is 17.4. The Kier molecular flexibility index (Phi) is 6.78. The number of hydrogen-bond donors (Lipinski definition) is 3. The summed E-state index contributed by atoms with van der Waals surface area (Å²) >= 11 is 0. The quantitative estimate of drug-likeness (QED) is 0.615. The minimum Gasteiger partial charge on any atom is -0.497 e. The van der Waals surface area contributed by atoms with Gasteiger partial charge in [-0.2, -0.15) is 0 Å². The first-order valence-corrected chi connectivity index (χ1v) is 8.01. The van der Waals surface area contributed by atoms with Crippen molar-refractivity contribution in [2.45, 2.75) is 18.9 Å². The Morgan fingerprint density at radius 1 is 1.25 bits per heavy atom. The van der Waals surface area contributed by atoms with Crippen LogP contribution in [0.1, 0.15) is 34.0 Å².